The predicted molar refractivity (Wildman–Crippen MR) is 205 cm³/mol. The van der Waals surface area contributed by atoms with E-state index >= 15 is 0 Å². The fraction of sp³-hybridized carbons (Fsp3) is 0.463. The second-order valence-corrected chi connectivity index (χ2v) is 21.1. The minimum absolute atomic E-state index is 0.00926. The van der Waals surface area contributed by atoms with Gasteiger partial charge in [-0.05, 0) is 93.6 Å². The Bertz CT molecular complexity index is 1910. The molecule has 272 valence electrons. The van der Waals surface area contributed by atoms with Gasteiger partial charge in [0.05, 0.1) is 29.6 Å². The van der Waals surface area contributed by atoms with Crippen molar-refractivity contribution in [2.75, 3.05) is 7.05 Å². The quantitative estimate of drug-likeness (QED) is 0.162. The Morgan fingerprint density at radius 3 is 2.18 bits per heavy atom. The fourth-order valence-electron chi connectivity index (χ4n) is 6.48. The fourth-order valence-corrected chi connectivity index (χ4v) is 7.76. The number of carbonyl (C=O) groups is 2. The normalized spacial score (nSPS) is 17.4. The van der Waals surface area contributed by atoms with Crippen molar-refractivity contribution in [3.63, 3.8) is 0 Å². The third kappa shape index (κ3) is 8.61. The molecule has 2 amide bonds. The van der Waals surface area contributed by atoms with Gasteiger partial charge in [-0.1, -0.05) is 75.4 Å². The zero-order valence-electron chi connectivity index (χ0n) is 31.9. The molecule has 0 unspecified atom stereocenters. The number of hydrogen-bond donors (Lipinski definition) is 0. The molecule has 1 saturated heterocycles. The molecule has 1 aliphatic rings. The molecule has 10 heteroatoms. The number of benzene rings is 3. The summed E-state index contributed by atoms with van der Waals surface area (Å²) in [5.74, 6) is 0.337. The summed E-state index contributed by atoms with van der Waals surface area (Å²) in [6, 6.07) is 24.8. The summed E-state index contributed by atoms with van der Waals surface area (Å²) in [5.41, 5.74) is 2.43. The van der Waals surface area contributed by atoms with Gasteiger partial charge in [-0.15, -0.1) is 0 Å². The summed E-state index contributed by atoms with van der Waals surface area (Å²) in [6.07, 6.45) is 1.57. The SMILES string of the molecule is CN(Cc1nc2ccccc2c(=O)n1C)C(=O)c1ccc(C[C@H]2CC[C@@H]([C@H](O[Si](C)(C)C(C)(C)C)c3ccccc3)N2C(=O)OC(C)(C)C)cc1. The maximum atomic E-state index is 14.0. The number of rotatable bonds is 9. The van der Waals surface area contributed by atoms with Crippen LogP contribution in [-0.2, 0) is 29.2 Å². The molecule has 0 N–H and O–H groups in total. The number of para-hydroxylation sites is 1. The van der Waals surface area contributed by atoms with Gasteiger partial charge in [-0.2, -0.15) is 0 Å². The molecule has 2 heterocycles. The number of hydrogen-bond acceptors (Lipinski definition) is 6. The lowest BCUT2D eigenvalue weighted by Crippen LogP contribution is -2.50. The lowest BCUT2D eigenvalue weighted by molar-refractivity contribution is -0.00239. The zero-order chi connectivity index (χ0) is 37.3. The second kappa shape index (κ2) is 14.8. The van der Waals surface area contributed by atoms with Crippen molar-refractivity contribution < 1.29 is 18.8 Å². The standard InChI is InChI=1S/C41H54N4O5Si/c1-40(2,3)49-39(48)45-31(24-25-34(45)36(29-16-12-11-13-17-29)50-51(9,10)41(4,5)6)26-28-20-22-30(23-21-28)37(46)43(7)27-35-42-33-19-15-14-18-32(33)38(47)44(35)8/h11-23,31,34,36H,24-27H2,1-10H3/t31-,34+,36-/m1/s1. The van der Waals surface area contributed by atoms with E-state index in [9.17, 15) is 14.4 Å². The van der Waals surface area contributed by atoms with Crippen LogP contribution in [0.15, 0.2) is 83.7 Å². The maximum Gasteiger partial charge on any atom is 0.410 e. The van der Waals surface area contributed by atoms with Gasteiger partial charge in [0.15, 0.2) is 8.32 Å². The molecule has 0 saturated carbocycles. The molecule has 1 aliphatic heterocycles. The van der Waals surface area contributed by atoms with Crippen molar-refractivity contribution in [2.24, 2.45) is 7.05 Å². The van der Waals surface area contributed by atoms with Crippen molar-refractivity contribution >= 4 is 31.2 Å². The Labute approximate surface area is 303 Å². The highest BCUT2D eigenvalue weighted by Crippen LogP contribution is 2.44. The monoisotopic (exact) mass is 710 g/mol. The third-order valence-corrected chi connectivity index (χ3v) is 14.8. The second-order valence-electron chi connectivity index (χ2n) is 16.4. The molecular weight excluding hydrogens is 657 g/mol. The van der Waals surface area contributed by atoms with Crippen molar-refractivity contribution in [2.45, 2.75) is 109 Å². The molecule has 0 bridgehead atoms. The average Bonchev–Trinajstić information content (AvgIpc) is 3.48. The average molecular weight is 711 g/mol. The molecule has 3 aromatic carbocycles. The van der Waals surface area contributed by atoms with E-state index < -0.39 is 13.9 Å². The summed E-state index contributed by atoms with van der Waals surface area (Å²) in [4.78, 5) is 48.6. The van der Waals surface area contributed by atoms with Crippen molar-refractivity contribution in [3.05, 3.63) is 112 Å². The number of likely N-dealkylation sites (tertiary alicyclic amines) is 1. The van der Waals surface area contributed by atoms with Crippen LogP contribution in [0.4, 0.5) is 4.79 Å². The van der Waals surface area contributed by atoms with Crippen LogP contribution in [0, 0.1) is 0 Å². The Morgan fingerprint density at radius 2 is 1.55 bits per heavy atom. The summed E-state index contributed by atoms with van der Waals surface area (Å²) in [6.45, 7) is 17.1. The van der Waals surface area contributed by atoms with Gasteiger partial charge in [-0.3, -0.25) is 19.1 Å². The van der Waals surface area contributed by atoms with Crippen LogP contribution in [0.2, 0.25) is 18.1 Å². The van der Waals surface area contributed by atoms with E-state index in [4.69, 9.17) is 9.16 Å². The number of nitrogens with zero attached hydrogens (tertiary/aromatic N) is 4. The van der Waals surface area contributed by atoms with E-state index in [-0.39, 0.29) is 47.3 Å². The van der Waals surface area contributed by atoms with E-state index in [1.54, 1.807) is 31.1 Å². The molecular formula is C41H54N4O5Si. The first-order chi connectivity index (χ1) is 23.9. The highest BCUT2D eigenvalue weighted by molar-refractivity contribution is 6.74. The number of amides is 2. The Hall–Kier alpha value is -4.28. The van der Waals surface area contributed by atoms with Gasteiger partial charge in [0.25, 0.3) is 11.5 Å². The van der Waals surface area contributed by atoms with Crippen molar-refractivity contribution in [1.29, 1.82) is 0 Å². The summed E-state index contributed by atoms with van der Waals surface area (Å²) >= 11 is 0. The van der Waals surface area contributed by atoms with E-state index in [0.29, 0.717) is 28.7 Å². The van der Waals surface area contributed by atoms with Crippen LogP contribution in [-0.4, -0.2) is 64.4 Å². The van der Waals surface area contributed by atoms with Gasteiger partial charge in [0, 0.05) is 25.7 Å². The van der Waals surface area contributed by atoms with Gasteiger partial charge in [-0.25, -0.2) is 9.78 Å². The first-order valence-electron chi connectivity index (χ1n) is 17.9. The molecule has 4 aromatic rings. The van der Waals surface area contributed by atoms with E-state index in [1.165, 1.54) is 4.57 Å². The van der Waals surface area contributed by atoms with Crippen molar-refractivity contribution in [1.82, 2.24) is 19.4 Å². The molecule has 1 fully saturated rings. The van der Waals surface area contributed by atoms with Gasteiger partial charge < -0.3 is 14.1 Å². The first kappa shape index (κ1) is 38.0. The minimum atomic E-state index is -2.23. The third-order valence-electron chi connectivity index (χ3n) is 10.3. The summed E-state index contributed by atoms with van der Waals surface area (Å²) in [7, 11) is 1.16. The highest BCUT2D eigenvalue weighted by atomic mass is 28.4. The van der Waals surface area contributed by atoms with Crippen LogP contribution in [0.5, 0.6) is 0 Å². The van der Waals surface area contributed by atoms with Crippen LogP contribution in [0.1, 0.15) is 87.8 Å². The van der Waals surface area contributed by atoms with Gasteiger partial charge in [0.1, 0.15) is 11.4 Å². The van der Waals surface area contributed by atoms with E-state index in [0.717, 1.165) is 24.0 Å². The smallest absolute Gasteiger partial charge is 0.410 e. The molecule has 3 atom stereocenters. The van der Waals surface area contributed by atoms with Crippen LogP contribution < -0.4 is 5.56 Å². The van der Waals surface area contributed by atoms with Crippen LogP contribution in [0.3, 0.4) is 0 Å². The Kier molecular flexibility index (Phi) is 11.0. The Morgan fingerprint density at radius 1 is 0.922 bits per heavy atom. The molecule has 0 radical (unpaired) electrons. The highest BCUT2D eigenvalue weighted by Gasteiger charge is 2.47. The lowest BCUT2D eigenvalue weighted by Gasteiger charge is -2.43. The molecule has 5 rings (SSSR count). The largest absolute Gasteiger partial charge is 0.444 e. The number of fused-ring (bicyclic) bond motifs is 1. The number of aromatic nitrogens is 2. The Balaban J connectivity index is 1.37. The molecule has 1 aromatic heterocycles. The maximum absolute atomic E-state index is 14.0. The lowest BCUT2D eigenvalue weighted by atomic mass is 10.0. The summed E-state index contributed by atoms with van der Waals surface area (Å²) < 4.78 is 14.7. The van der Waals surface area contributed by atoms with Crippen molar-refractivity contribution in [3.8, 4) is 0 Å². The summed E-state index contributed by atoms with van der Waals surface area (Å²) in [5, 5.41) is 0.538. The van der Waals surface area contributed by atoms with Crippen LogP contribution >= 0.6 is 0 Å². The first-order valence-corrected chi connectivity index (χ1v) is 20.8. The topological polar surface area (TPSA) is 94.0 Å². The minimum Gasteiger partial charge on any atom is -0.444 e. The molecule has 9 nitrogen and oxygen atoms in total. The van der Waals surface area contributed by atoms with Gasteiger partial charge in [0.2, 0.25) is 0 Å². The number of carbonyl (C=O) groups excluding carboxylic acids is 2. The van der Waals surface area contributed by atoms with Crippen LogP contribution in [0.25, 0.3) is 10.9 Å². The molecule has 0 aliphatic carbocycles. The van der Waals surface area contributed by atoms with E-state index in [2.05, 4.69) is 51.0 Å². The molecule has 0 spiro atoms. The van der Waals surface area contributed by atoms with Gasteiger partial charge >= 0.3 is 6.09 Å². The molecule has 51 heavy (non-hydrogen) atoms. The predicted octanol–water partition coefficient (Wildman–Crippen LogP) is 8.28. The zero-order valence-corrected chi connectivity index (χ0v) is 32.9. The number of ether oxygens (including phenoxy) is 1. The van der Waals surface area contributed by atoms with E-state index in [1.807, 2.05) is 80.3 Å².